The van der Waals surface area contributed by atoms with Crippen molar-refractivity contribution in [1.29, 1.82) is 0 Å². The Morgan fingerprint density at radius 1 is 1.04 bits per heavy atom. The minimum absolute atomic E-state index is 0.510. The molecule has 0 radical (unpaired) electrons. The van der Waals surface area contributed by atoms with Crippen LogP contribution in [0.2, 0.25) is 0 Å². The van der Waals surface area contributed by atoms with Crippen LogP contribution in [-0.4, -0.2) is 72.5 Å². The number of anilines is 2. The highest BCUT2D eigenvalue weighted by Gasteiger charge is 2.24. The van der Waals surface area contributed by atoms with Gasteiger partial charge in [0.15, 0.2) is 0 Å². The predicted molar refractivity (Wildman–Crippen MR) is 115 cm³/mol. The number of nitrogens with one attached hydrogen (secondary N) is 2. The molecule has 1 saturated carbocycles. The van der Waals surface area contributed by atoms with Crippen molar-refractivity contribution in [2.24, 2.45) is 0 Å². The van der Waals surface area contributed by atoms with E-state index in [4.69, 9.17) is 9.97 Å². The molecule has 1 atom stereocenters. The summed E-state index contributed by atoms with van der Waals surface area (Å²) in [4.78, 5) is 14.6. The van der Waals surface area contributed by atoms with E-state index in [9.17, 15) is 0 Å². The molecule has 2 saturated heterocycles. The summed E-state index contributed by atoms with van der Waals surface area (Å²) in [6.45, 7) is 6.39. The summed E-state index contributed by atoms with van der Waals surface area (Å²) >= 11 is 4.08. The van der Waals surface area contributed by atoms with Crippen LogP contribution in [0.1, 0.15) is 43.4 Å². The average molecular weight is 391 g/mol. The number of likely N-dealkylation sites (N-methyl/N-ethyl adjacent to an activating group) is 1. The molecular formula is C20H34N6S. The molecular weight excluding hydrogens is 356 g/mol. The van der Waals surface area contributed by atoms with Gasteiger partial charge in [-0.3, -0.25) is 0 Å². The maximum atomic E-state index is 4.96. The van der Waals surface area contributed by atoms with E-state index < -0.39 is 0 Å². The van der Waals surface area contributed by atoms with Crippen LogP contribution >= 0.6 is 12.6 Å². The first kappa shape index (κ1) is 19.3. The van der Waals surface area contributed by atoms with Crippen molar-refractivity contribution < 1.29 is 0 Å². The maximum absolute atomic E-state index is 4.96. The molecule has 7 heteroatoms. The Morgan fingerprint density at radius 2 is 1.78 bits per heavy atom. The predicted octanol–water partition coefficient (Wildman–Crippen LogP) is 1.96. The molecule has 0 bridgehead atoms. The van der Waals surface area contributed by atoms with E-state index >= 15 is 0 Å². The summed E-state index contributed by atoms with van der Waals surface area (Å²) in [5, 5.41) is 7.92. The van der Waals surface area contributed by atoms with E-state index in [-0.39, 0.29) is 0 Å². The molecule has 150 valence electrons. The minimum Gasteiger partial charge on any atom is -0.366 e. The number of rotatable bonds is 3. The van der Waals surface area contributed by atoms with Gasteiger partial charge in [0.05, 0.1) is 5.69 Å². The van der Waals surface area contributed by atoms with E-state index in [1.807, 2.05) is 0 Å². The Bertz CT molecular complexity index is 621. The van der Waals surface area contributed by atoms with Gasteiger partial charge in [0.25, 0.3) is 0 Å². The number of aryl methyl sites for hydroxylation is 1. The van der Waals surface area contributed by atoms with Crippen LogP contribution in [0.25, 0.3) is 0 Å². The van der Waals surface area contributed by atoms with Crippen LogP contribution in [0.3, 0.4) is 0 Å². The number of nitrogens with zero attached hydrogens (tertiary/aromatic N) is 4. The number of fused-ring (bicyclic) bond motifs is 1. The summed E-state index contributed by atoms with van der Waals surface area (Å²) in [6, 6.07) is 0.510. The SMILES string of the molecule is CN1CCN(c2nc3c(c(NC4CCNC4)n2)CCCC3)CC1.SC1CC1. The molecule has 5 rings (SSSR count). The highest BCUT2D eigenvalue weighted by Crippen LogP contribution is 2.29. The fourth-order valence-electron chi connectivity index (χ4n) is 3.89. The van der Waals surface area contributed by atoms with Crippen LogP contribution in [-0.2, 0) is 12.8 Å². The minimum atomic E-state index is 0.510. The monoisotopic (exact) mass is 390 g/mol. The molecule has 1 unspecified atom stereocenters. The lowest BCUT2D eigenvalue weighted by Crippen LogP contribution is -2.45. The number of thiol groups is 1. The summed E-state index contributed by atoms with van der Waals surface area (Å²) in [5.41, 5.74) is 2.66. The van der Waals surface area contributed by atoms with E-state index in [0.29, 0.717) is 6.04 Å². The zero-order valence-corrected chi connectivity index (χ0v) is 17.5. The molecule has 2 N–H and O–H groups in total. The molecule has 2 aliphatic heterocycles. The Balaban J connectivity index is 0.000000400. The fraction of sp³-hybridized carbons (Fsp3) is 0.800. The first-order valence-corrected chi connectivity index (χ1v) is 11.2. The molecule has 3 fully saturated rings. The van der Waals surface area contributed by atoms with Crippen LogP contribution in [0.5, 0.6) is 0 Å². The van der Waals surface area contributed by atoms with Gasteiger partial charge in [0, 0.05) is 49.6 Å². The molecule has 4 aliphatic rings. The molecule has 0 aromatic carbocycles. The van der Waals surface area contributed by atoms with E-state index in [1.54, 1.807) is 0 Å². The van der Waals surface area contributed by atoms with Gasteiger partial charge in [0.2, 0.25) is 5.95 Å². The van der Waals surface area contributed by atoms with Crippen molar-refractivity contribution in [3.05, 3.63) is 11.3 Å². The topological polar surface area (TPSA) is 56.3 Å². The fourth-order valence-corrected chi connectivity index (χ4v) is 4.04. The van der Waals surface area contributed by atoms with E-state index in [2.05, 4.69) is 40.1 Å². The van der Waals surface area contributed by atoms with Crippen molar-refractivity contribution >= 4 is 24.4 Å². The Labute approximate surface area is 168 Å². The number of hydrogen-bond acceptors (Lipinski definition) is 7. The normalized spacial score (nSPS) is 25.6. The quantitative estimate of drug-likeness (QED) is 0.686. The molecule has 1 aromatic heterocycles. The third-order valence-electron chi connectivity index (χ3n) is 5.91. The Hall–Kier alpha value is -1.05. The van der Waals surface area contributed by atoms with Crippen LogP contribution < -0.4 is 15.5 Å². The highest BCUT2D eigenvalue weighted by atomic mass is 32.1. The standard InChI is InChI=1S/C17H28N6.C3H6S/c1-22-8-10-23(11-9-22)17-20-15-5-3-2-4-14(15)16(21-17)19-13-6-7-18-12-13;4-3-1-2-3/h13,18H,2-12H2,1H3,(H,19,20,21);3-4H,1-2H2. The lowest BCUT2D eigenvalue weighted by molar-refractivity contribution is 0.311. The van der Waals surface area contributed by atoms with Crippen LogP contribution in [0.4, 0.5) is 11.8 Å². The Morgan fingerprint density at radius 3 is 2.44 bits per heavy atom. The first-order valence-electron chi connectivity index (χ1n) is 10.7. The maximum Gasteiger partial charge on any atom is 0.227 e. The summed E-state index contributed by atoms with van der Waals surface area (Å²) in [6.07, 6.45) is 8.64. The van der Waals surface area contributed by atoms with E-state index in [0.717, 1.165) is 69.1 Å². The van der Waals surface area contributed by atoms with Crippen molar-refractivity contribution in [1.82, 2.24) is 20.2 Å². The zero-order chi connectivity index (χ0) is 18.6. The number of hydrogen-bond donors (Lipinski definition) is 3. The van der Waals surface area contributed by atoms with Gasteiger partial charge in [-0.2, -0.15) is 17.6 Å². The summed E-state index contributed by atoms with van der Waals surface area (Å²) in [7, 11) is 2.19. The molecule has 0 spiro atoms. The molecule has 3 heterocycles. The Kier molecular flexibility index (Phi) is 6.40. The second-order valence-electron chi connectivity index (χ2n) is 8.36. The molecule has 0 amide bonds. The summed E-state index contributed by atoms with van der Waals surface area (Å²) < 4.78 is 0. The van der Waals surface area contributed by atoms with Gasteiger partial charge in [-0.05, 0) is 58.5 Å². The third-order valence-corrected chi connectivity index (χ3v) is 6.42. The van der Waals surface area contributed by atoms with Crippen molar-refractivity contribution in [3.63, 3.8) is 0 Å². The number of aromatic nitrogens is 2. The zero-order valence-electron chi connectivity index (χ0n) is 16.6. The lowest BCUT2D eigenvalue weighted by Gasteiger charge is -2.33. The highest BCUT2D eigenvalue weighted by molar-refractivity contribution is 7.81. The lowest BCUT2D eigenvalue weighted by atomic mass is 9.96. The largest absolute Gasteiger partial charge is 0.366 e. The second kappa shape index (κ2) is 8.97. The van der Waals surface area contributed by atoms with E-state index in [1.165, 1.54) is 43.4 Å². The van der Waals surface area contributed by atoms with Gasteiger partial charge < -0.3 is 20.4 Å². The van der Waals surface area contributed by atoms with Gasteiger partial charge >= 0.3 is 0 Å². The molecule has 1 aromatic rings. The van der Waals surface area contributed by atoms with Gasteiger partial charge in [-0.25, -0.2) is 4.98 Å². The van der Waals surface area contributed by atoms with Crippen molar-refractivity contribution in [3.8, 4) is 0 Å². The van der Waals surface area contributed by atoms with Gasteiger partial charge in [0.1, 0.15) is 5.82 Å². The van der Waals surface area contributed by atoms with Crippen LogP contribution in [0.15, 0.2) is 0 Å². The average Bonchev–Trinajstić information content (AvgIpc) is 3.30. The van der Waals surface area contributed by atoms with Gasteiger partial charge in [-0.1, -0.05) is 0 Å². The number of piperazine rings is 1. The smallest absolute Gasteiger partial charge is 0.227 e. The van der Waals surface area contributed by atoms with Crippen LogP contribution in [0, 0.1) is 0 Å². The third kappa shape index (κ3) is 5.27. The van der Waals surface area contributed by atoms with Crippen molar-refractivity contribution in [2.45, 2.75) is 56.2 Å². The molecule has 6 nitrogen and oxygen atoms in total. The summed E-state index contributed by atoms with van der Waals surface area (Å²) in [5.74, 6) is 2.05. The van der Waals surface area contributed by atoms with Crippen molar-refractivity contribution in [2.75, 3.05) is 56.5 Å². The molecule has 27 heavy (non-hydrogen) atoms. The van der Waals surface area contributed by atoms with Gasteiger partial charge in [-0.15, -0.1) is 0 Å². The second-order valence-corrected chi connectivity index (χ2v) is 9.09. The molecule has 2 aliphatic carbocycles. The first-order chi connectivity index (χ1) is 13.2.